The number of para-hydroxylation sites is 1. The lowest BCUT2D eigenvalue weighted by Gasteiger charge is -2.18. The van der Waals surface area contributed by atoms with Crippen LogP contribution in [0.5, 0.6) is 0 Å². The number of rotatable bonds is 4. The molecule has 2 aromatic rings. The summed E-state index contributed by atoms with van der Waals surface area (Å²) in [7, 11) is 0. The second-order valence-corrected chi connectivity index (χ2v) is 6.03. The molecule has 4 heteroatoms. The minimum Gasteiger partial charge on any atom is -0.371 e. The third kappa shape index (κ3) is 3.42. The molecule has 1 N–H and O–H groups in total. The number of carbonyl (C=O) groups excluding carboxylic acids is 1. The first-order chi connectivity index (χ1) is 10.7. The first-order valence-corrected chi connectivity index (χ1v) is 7.94. The average molecular weight is 315 g/mol. The molecule has 0 aromatic heterocycles. The van der Waals surface area contributed by atoms with Gasteiger partial charge in [0, 0.05) is 25.3 Å². The molecule has 1 heterocycles. The molecule has 0 unspecified atom stereocenters. The molecule has 1 saturated heterocycles. The van der Waals surface area contributed by atoms with Crippen molar-refractivity contribution in [3.05, 3.63) is 65.2 Å². The van der Waals surface area contributed by atoms with Gasteiger partial charge in [0.1, 0.15) is 0 Å². The molecule has 0 spiro atoms. The smallest absolute Gasteiger partial charge is 0.252 e. The Hall–Kier alpha value is -2.00. The SMILES string of the molecule is O=C(NC[C@H]1CCN(c2ccccc2)C1)c1ccccc1Cl. The Labute approximate surface area is 135 Å². The maximum absolute atomic E-state index is 12.2. The van der Waals surface area contributed by atoms with E-state index in [2.05, 4.69) is 34.5 Å². The van der Waals surface area contributed by atoms with Gasteiger partial charge in [-0.2, -0.15) is 0 Å². The maximum Gasteiger partial charge on any atom is 0.252 e. The second kappa shape index (κ2) is 6.84. The van der Waals surface area contributed by atoms with Gasteiger partial charge in [0.2, 0.25) is 0 Å². The lowest BCUT2D eigenvalue weighted by Crippen LogP contribution is -2.31. The lowest BCUT2D eigenvalue weighted by molar-refractivity contribution is 0.0948. The summed E-state index contributed by atoms with van der Waals surface area (Å²) in [6.07, 6.45) is 1.09. The summed E-state index contributed by atoms with van der Waals surface area (Å²) in [5.41, 5.74) is 1.80. The Balaban J connectivity index is 1.53. The molecule has 2 aromatic carbocycles. The van der Waals surface area contributed by atoms with Gasteiger partial charge in [-0.25, -0.2) is 0 Å². The van der Waals surface area contributed by atoms with Crippen LogP contribution in [0.25, 0.3) is 0 Å². The van der Waals surface area contributed by atoms with E-state index in [9.17, 15) is 4.79 Å². The normalized spacial score (nSPS) is 17.5. The monoisotopic (exact) mass is 314 g/mol. The number of amides is 1. The molecule has 0 radical (unpaired) electrons. The Kier molecular flexibility index (Phi) is 4.64. The fourth-order valence-electron chi connectivity index (χ4n) is 2.85. The third-order valence-electron chi connectivity index (χ3n) is 4.08. The topological polar surface area (TPSA) is 32.3 Å². The fourth-order valence-corrected chi connectivity index (χ4v) is 3.07. The number of nitrogens with zero attached hydrogens (tertiary/aromatic N) is 1. The molecule has 0 saturated carbocycles. The Bertz CT molecular complexity index is 645. The zero-order chi connectivity index (χ0) is 15.4. The molecule has 1 aliphatic heterocycles. The zero-order valence-electron chi connectivity index (χ0n) is 12.3. The van der Waals surface area contributed by atoms with Crippen molar-refractivity contribution in [1.29, 1.82) is 0 Å². The standard InChI is InChI=1S/C18H19ClN2O/c19-17-9-5-4-8-16(17)18(22)20-12-14-10-11-21(13-14)15-6-2-1-3-7-15/h1-9,14H,10-13H2,(H,20,22)/t14-/m1/s1. The van der Waals surface area contributed by atoms with Gasteiger partial charge in [0.15, 0.2) is 0 Å². The van der Waals surface area contributed by atoms with Crippen LogP contribution in [0.15, 0.2) is 54.6 Å². The number of hydrogen-bond donors (Lipinski definition) is 1. The molecule has 1 atom stereocenters. The summed E-state index contributed by atoms with van der Waals surface area (Å²) in [5, 5.41) is 3.50. The lowest BCUT2D eigenvalue weighted by atomic mass is 10.1. The van der Waals surface area contributed by atoms with Gasteiger partial charge in [-0.3, -0.25) is 4.79 Å². The van der Waals surface area contributed by atoms with Crippen molar-refractivity contribution in [2.24, 2.45) is 5.92 Å². The van der Waals surface area contributed by atoms with Gasteiger partial charge in [-0.1, -0.05) is 41.9 Å². The van der Waals surface area contributed by atoms with E-state index in [0.717, 1.165) is 19.5 Å². The van der Waals surface area contributed by atoms with Gasteiger partial charge >= 0.3 is 0 Å². The molecule has 3 nitrogen and oxygen atoms in total. The predicted octanol–water partition coefficient (Wildman–Crippen LogP) is 3.60. The summed E-state index contributed by atoms with van der Waals surface area (Å²) in [5.74, 6) is 0.385. The first-order valence-electron chi connectivity index (χ1n) is 7.57. The van der Waals surface area contributed by atoms with Crippen molar-refractivity contribution in [3.63, 3.8) is 0 Å². The van der Waals surface area contributed by atoms with Crippen LogP contribution in [0.4, 0.5) is 5.69 Å². The molecule has 1 fully saturated rings. The van der Waals surface area contributed by atoms with E-state index in [1.807, 2.05) is 18.2 Å². The van der Waals surface area contributed by atoms with Gasteiger partial charge < -0.3 is 10.2 Å². The van der Waals surface area contributed by atoms with Crippen LogP contribution in [-0.4, -0.2) is 25.5 Å². The summed E-state index contributed by atoms with van der Waals surface area (Å²) in [6.45, 7) is 2.71. The van der Waals surface area contributed by atoms with E-state index < -0.39 is 0 Å². The summed E-state index contributed by atoms with van der Waals surface area (Å²) in [4.78, 5) is 14.5. The van der Waals surface area contributed by atoms with Crippen molar-refractivity contribution in [3.8, 4) is 0 Å². The highest BCUT2D eigenvalue weighted by molar-refractivity contribution is 6.33. The van der Waals surface area contributed by atoms with Crippen LogP contribution in [0.2, 0.25) is 5.02 Å². The van der Waals surface area contributed by atoms with Crippen molar-refractivity contribution < 1.29 is 4.79 Å². The quantitative estimate of drug-likeness (QED) is 0.935. The molecular formula is C18H19ClN2O. The number of benzene rings is 2. The van der Waals surface area contributed by atoms with Crippen LogP contribution in [0, 0.1) is 5.92 Å². The number of hydrogen-bond acceptors (Lipinski definition) is 2. The van der Waals surface area contributed by atoms with Crippen molar-refractivity contribution in [2.45, 2.75) is 6.42 Å². The molecule has 22 heavy (non-hydrogen) atoms. The summed E-state index contributed by atoms with van der Waals surface area (Å²) in [6, 6.07) is 17.5. The predicted molar refractivity (Wildman–Crippen MR) is 90.5 cm³/mol. The third-order valence-corrected chi connectivity index (χ3v) is 4.41. The van der Waals surface area contributed by atoms with Crippen LogP contribution in [0.3, 0.4) is 0 Å². The highest BCUT2D eigenvalue weighted by Gasteiger charge is 2.23. The van der Waals surface area contributed by atoms with E-state index in [1.165, 1.54) is 5.69 Å². The van der Waals surface area contributed by atoms with Crippen LogP contribution >= 0.6 is 11.6 Å². The average Bonchev–Trinajstić information content (AvgIpc) is 3.03. The van der Waals surface area contributed by atoms with Gasteiger partial charge in [-0.15, -0.1) is 0 Å². The van der Waals surface area contributed by atoms with Crippen molar-refractivity contribution >= 4 is 23.2 Å². The Morgan fingerprint density at radius 1 is 1.14 bits per heavy atom. The fraction of sp³-hybridized carbons (Fsp3) is 0.278. The van der Waals surface area contributed by atoms with Gasteiger partial charge in [0.25, 0.3) is 5.91 Å². The number of nitrogens with one attached hydrogen (secondary N) is 1. The molecule has 1 amide bonds. The van der Waals surface area contributed by atoms with Gasteiger partial charge in [-0.05, 0) is 36.6 Å². The van der Waals surface area contributed by atoms with E-state index >= 15 is 0 Å². The summed E-state index contributed by atoms with van der Waals surface area (Å²) >= 11 is 6.05. The van der Waals surface area contributed by atoms with Crippen molar-refractivity contribution in [2.75, 3.05) is 24.5 Å². The van der Waals surface area contributed by atoms with E-state index in [-0.39, 0.29) is 5.91 Å². The molecule has 0 aliphatic carbocycles. The largest absolute Gasteiger partial charge is 0.371 e. The van der Waals surface area contributed by atoms with Crippen molar-refractivity contribution in [1.82, 2.24) is 5.32 Å². The minimum absolute atomic E-state index is 0.0937. The molecule has 114 valence electrons. The molecular weight excluding hydrogens is 296 g/mol. The van der Waals surface area contributed by atoms with E-state index in [0.29, 0.717) is 23.0 Å². The molecule has 1 aliphatic rings. The molecule has 3 rings (SSSR count). The maximum atomic E-state index is 12.2. The van der Waals surface area contributed by atoms with E-state index in [4.69, 9.17) is 11.6 Å². The highest BCUT2D eigenvalue weighted by atomic mass is 35.5. The van der Waals surface area contributed by atoms with Gasteiger partial charge in [0.05, 0.1) is 10.6 Å². The minimum atomic E-state index is -0.0937. The Morgan fingerprint density at radius 2 is 1.86 bits per heavy atom. The first kappa shape index (κ1) is 14.9. The number of anilines is 1. The number of carbonyl (C=O) groups is 1. The highest BCUT2D eigenvalue weighted by Crippen LogP contribution is 2.23. The zero-order valence-corrected chi connectivity index (χ0v) is 13.1. The van der Waals surface area contributed by atoms with E-state index in [1.54, 1.807) is 12.1 Å². The second-order valence-electron chi connectivity index (χ2n) is 5.63. The van der Waals surface area contributed by atoms with Crippen LogP contribution in [-0.2, 0) is 0 Å². The summed E-state index contributed by atoms with van der Waals surface area (Å²) < 4.78 is 0. The van der Waals surface area contributed by atoms with Crippen LogP contribution in [0.1, 0.15) is 16.8 Å². The van der Waals surface area contributed by atoms with Crippen LogP contribution < -0.4 is 10.2 Å². The molecule has 0 bridgehead atoms. The number of halogens is 1. The Morgan fingerprint density at radius 3 is 2.64 bits per heavy atom.